The first-order valence-electron chi connectivity index (χ1n) is 6.79. The highest BCUT2D eigenvalue weighted by Gasteiger charge is 2.15. The zero-order valence-corrected chi connectivity index (χ0v) is 11.7. The van der Waals surface area contributed by atoms with E-state index in [0.717, 1.165) is 6.54 Å². The van der Waals surface area contributed by atoms with Gasteiger partial charge in [0.05, 0.1) is 17.2 Å². The van der Waals surface area contributed by atoms with E-state index in [1.54, 1.807) is 6.07 Å². The van der Waals surface area contributed by atoms with Crippen LogP contribution in [0.25, 0.3) is 0 Å². The second-order valence-electron chi connectivity index (χ2n) is 4.63. The molecule has 2 aromatic rings. The third kappa shape index (κ3) is 3.14. The minimum Gasteiger partial charge on any atom is -0.455 e. The van der Waals surface area contributed by atoms with Gasteiger partial charge in [-0.25, -0.2) is 0 Å². The molecule has 0 unspecified atom stereocenters. The summed E-state index contributed by atoms with van der Waals surface area (Å²) in [5, 5.41) is 17.0. The van der Waals surface area contributed by atoms with Crippen molar-refractivity contribution >= 4 is 17.3 Å². The molecule has 7 heteroatoms. The molecule has 0 saturated carbocycles. The van der Waals surface area contributed by atoms with Crippen LogP contribution >= 0.6 is 0 Å². The molecule has 1 aliphatic heterocycles. The van der Waals surface area contributed by atoms with E-state index in [0.29, 0.717) is 29.7 Å². The van der Waals surface area contributed by atoms with Gasteiger partial charge in [0, 0.05) is 18.7 Å². The third-order valence-electron chi connectivity index (χ3n) is 3.07. The van der Waals surface area contributed by atoms with Gasteiger partial charge in [-0.1, -0.05) is 18.2 Å². The van der Waals surface area contributed by atoms with Crippen molar-refractivity contribution in [3.05, 3.63) is 58.6 Å². The second kappa shape index (κ2) is 6.13. The number of para-hydroxylation sites is 1. The molecule has 1 heterocycles. The summed E-state index contributed by atoms with van der Waals surface area (Å²) in [6, 6.07) is 13.6. The van der Waals surface area contributed by atoms with E-state index in [1.165, 1.54) is 12.1 Å². The summed E-state index contributed by atoms with van der Waals surface area (Å²) in [5.74, 6) is 1.73. The molecule has 3 rings (SSSR count). The molecule has 0 atom stereocenters. The van der Waals surface area contributed by atoms with Gasteiger partial charge in [-0.2, -0.15) is 0 Å². The smallest absolute Gasteiger partial charge is 0.271 e. The van der Waals surface area contributed by atoms with Gasteiger partial charge in [0.1, 0.15) is 5.75 Å². The maximum atomic E-state index is 11.0. The van der Waals surface area contributed by atoms with Crippen molar-refractivity contribution in [1.82, 2.24) is 5.32 Å². The van der Waals surface area contributed by atoms with Crippen LogP contribution in [-0.4, -0.2) is 24.0 Å². The third-order valence-corrected chi connectivity index (χ3v) is 3.07. The molecule has 0 amide bonds. The molecule has 0 radical (unpaired) electrons. The number of nitro groups is 1. The summed E-state index contributed by atoms with van der Waals surface area (Å²) < 4.78 is 5.79. The minimum atomic E-state index is -0.443. The molecule has 0 aromatic heterocycles. The number of hydrogen-bond donors (Lipinski definition) is 2. The molecular weight excluding hydrogens is 284 g/mol. The number of anilines is 1. The highest BCUT2D eigenvalue weighted by molar-refractivity contribution is 5.96. The first-order valence-corrected chi connectivity index (χ1v) is 6.79. The Balaban J connectivity index is 1.91. The van der Waals surface area contributed by atoms with Crippen LogP contribution in [0.1, 0.15) is 0 Å². The van der Waals surface area contributed by atoms with Crippen molar-refractivity contribution < 1.29 is 9.66 Å². The number of hydrogen-bond acceptors (Lipinski definition) is 6. The Labute approximate surface area is 126 Å². The monoisotopic (exact) mass is 298 g/mol. The van der Waals surface area contributed by atoms with Crippen LogP contribution in [0.4, 0.5) is 11.4 Å². The van der Waals surface area contributed by atoms with Gasteiger partial charge in [0.15, 0.2) is 11.7 Å². The maximum absolute atomic E-state index is 11.0. The lowest BCUT2D eigenvalue weighted by molar-refractivity contribution is -0.384. The fraction of sp³-hybridized carbons (Fsp3) is 0.133. The van der Waals surface area contributed by atoms with E-state index >= 15 is 0 Å². The van der Waals surface area contributed by atoms with Crippen LogP contribution in [0.15, 0.2) is 53.5 Å². The number of nitrogens with zero attached hydrogens (tertiary/aromatic N) is 2. The quantitative estimate of drug-likeness (QED) is 0.669. The average Bonchev–Trinajstić information content (AvgIpc) is 3.03. The molecule has 2 N–H and O–H groups in total. The van der Waals surface area contributed by atoms with Crippen LogP contribution < -0.4 is 15.4 Å². The molecule has 0 aliphatic carbocycles. The molecule has 0 fully saturated rings. The molecule has 112 valence electrons. The predicted molar refractivity (Wildman–Crippen MR) is 83.5 cm³/mol. The van der Waals surface area contributed by atoms with Gasteiger partial charge in [-0.15, -0.1) is 0 Å². The van der Waals surface area contributed by atoms with Crippen molar-refractivity contribution in [3.8, 4) is 11.5 Å². The lowest BCUT2D eigenvalue weighted by Gasteiger charge is -2.13. The minimum absolute atomic E-state index is 0.0125. The Kier molecular flexibility index (Phi) is 3.86. The Hall–Kier alpha value is -3.09. The van der Waals surface area contributed by atoms with Crippen molar-refractivity contribution in [2.24, 2.45) is 4.99 Å². The van der Waals surface area contributed by atoms with Crippen LogP contribution in [0.2, 0.25) is 0 Å². The van der Waals surface area contributed by atoms with Gasteiger partial charge in [-0.05, 0) is 18.2 Å². The van der Waals surface area contributed by atoms with Gasteiger partial charge in [0.25, 0.3) is 5.69 Å². The van der Waals surface area contributed by atoms with E-state index in [1.807, 2.05) is 30.3 Å². The number of nitrogens with one attached hydrogen (secondary N) is 2. The molecule has 22 heavy (non-hydrogen) atoms. The summed E-state index contributed by atoms with van der Waals surface area (Å²) in [5.41, 5.74) is 0.479. The normalized spacial score (nSPS) is 13.2. The van der Waals surface area contributed by atoms with Crippen LogP contribution in [0.5, 0.6) is 11.5 Å². The molecule has 0 saturated heterocycles. The van der Waals surface area contributed by atoms with Gasteiger partial charge >= 0.3 is 0 Å². The van der Waals surface area contributed by atoms with Crippen molar-refractivity contribution in [2.45, 2.75) is 0 Å². The topological polar surface area (TPSA) is 88.8 Å². The molecule has 2 aromatic carbocycles. The number of aliphatic imine (C=N–C) groups is 1. The molecular formula is C15H14N4O3. The average molecular weight is 298 g/mol. The van der Waals surface area contributed by atoms with E-state index in [-0.39, 0.29) is 5.69 Å². The summed E-state index contributed by atoms with van der Waals surface area (Å²) in [4.78, 5) is 14.7. The highest BCUT2D eigenvalue weighted by Crippen LogP contribution is 2.32. The summed E-state index contributed by atoms with van der Waals surface area (Å²) in [7, 11) is 0. The number of nitro benzene ring substituents is 1. The fourth-order valence-electron chi connectivity index (χ4n) is 2.04. The highest BCUT2D eigenvalue weighted by atomic mass is 16.6. The van der Waals surface area contributed by atoms with E-state index in [4.69, 9.17) is 4.74 Å². The largest absolute Gasteiger partial charge is 0.455 e. The van der Waals surface area contributed by atoms with Gasteiger partial charge in [0.2, 0.25) is 0 Å². The Morgan fingerprint density at radius 3 is 2.73 bits per heavy atom. The van der Waals surface area contributed by atoms with Crippen molar-refractivity contribution in [1.29, 1.82) is 0 Å². The number of guanidine groups is 1. The maximum Gasteiger partial charge on any atom is 0.271 e. The summed E-state index contributed by atoms with van der Waals surface area (Å²) in [6.45, 7) is 1.41. The molecule has 7 nitrogen and oxygen atoms in total. The lowest BCUT2D eigenvalue weighted by atomic mass is 10.2. The van der Waals surface area contributed by atoms with Gasteiger partial charge in [-0.3, -0.25) is 15.1 Å². The first-order chi connectivity index (χ1) is 10.7. The summed E-state index contributed by atoms with van der Waals surface area (Å²) in [6.07, 6.45) is 0. The number of benzene rings is 2. The second-order valence-corrected chi connectivity index (χ2v) is 4.63. The van der Waals surface area contributed by atoms with Crippen molar-refractivity contribution in [3.63, 3.8) is 0 Å². The number of rotatable bonds is 4. The predicted octanol–water partition coefficient (Wildman–Crippen LogP) is 2.76. The zero-order chi connectivity index (χ0) is 15.4. The number of non-ortho nitro benzene ring substituents is 1. The van der Waals surface area contributed by atoms with Crippen LogP contribution in [-0.2, 0) is 0 Å². The first kappa shape index (κ1) is 13.9. The standard InChI is InChI=1S/C15H14N4O3/c20-19(21)11-6-7-14(22-12-4-2-1-3-5-12)13(10-11)18-15-16-8-9-17-15/h1-7,10H,8-9H2,(H2,16,17,18). The SMILES string of the molecule is O=[N+]([O-])c1ccc(Oc2ccccc2)c(NC2=NCCN2)c1. The lowest BCUT2D eigenvalue weighted by Crippen LogP contribution is -2.26. The van der Waals surface area contributed by atoms with E-state index in [2.05, 4.69) is 15.6 Å². The van der Waals surface area contributed by atoms with E-state index in [9.17, 15) is 10.1 Å². The number of ether oxygens (including phenoxy) is 1. The summed E-state index contributed by atoms with van der Waals surface area (Å²) >= 11 is 0. The fourth-order valence-corrected chi connectivity index (χ4v) is 2.04. The van der Waals surface area contributed by atoms with Crippen LogP contribution in [0, 0.1) is 10.1 Å². The molecule has 0 bridgehead atoms. The van der Waals surface area contributed by atoms with E-state index < -0.39 is 4.92 Å². The van der Waals surface area contributed by atoms with Gasteiger partial charge < -0.3 is 15.4 Å². The Bertz CT molecular complexity index is 716. The Morgan fingerprint density at radius 2 is 2.05 bits per heavy atom. The van der Waals surface area contributed by atoms with Crippen LogP contribution in [0.3, 0.4) is 0 Å². The zero-order valence-electron chi connectivity index (χ0n) is 11.7. The molecule has 1 aliphatic rings. The Morgan fingerprint density at radius 1 is 1.23 bits per heavy atom. The molecule has 0 spiro atoms. The van der Waals surface area contributed by atoms with Crippen molar-refractivity contribution in [2.75, 3.05) is 18.4 Å².